The van der Waals surface area contributed by atoms with Crippen molar-refractivity contribution in [1.82, 2.24) is 0 Å². The van der Waals surface area contributed by atoms with E-state index < -0.39 is 5.91 Å². The highest BCUT2D eigenvalue weighted by Crippen LogP contribution is 2.61. The van der Waals surface area contributed by atoms with Gasteiger partial charge >= 0.3 is 0 Å². The first-order valence-electron chi connectivity index (χ1n) is 11.7. The Balaban J connectivity index is 1.45. The quantitative estimate of drug-likeness (QED) is 0.464. The summed E-state index contributed by atoms with van der Waals surface area (Å²) in [6.45, 7) is 0. The molecule has 1 amide bonds. The second-order valence-electron chi connectivity index (χ2n) is 10.3. The lowest BCUT2D eigenvalue weighted by Gasteiger charge is -2.56. The second kappa shape index (κ2) is 6.98. The van der Waals surface area contributed by atoms with Gasteiger partial charge in [0.25, 0.3) is 5.91 Å². The average Bonchev–Trinajstić information content (AvgIpc) is 2.71. The molecule has 5 aliphatic carbocycles. The molecule has 2 N–H and O–H groups in total. The minimum absolute atomic E-state index is 0.0461. The lowest BCUT2D eigenvalue weighted by Crippen LogP contribution is -2.48. The maximum absolute atomic E-state index is 11.4. The number of allylic oxidation sites excluding steroid dienone is 2. The van der Waals surface area contributed by atoms with Crippen molar-refractivity contribution < 1.29 is 4.79 Å². The summed E-state index contributed by atoms with van der Waals surface area (Å²) in [6.07, 6.45) is 20.4. The molecule has 7 atom stereocenters. The van der Waals surface area contributed by atoms with E-state index >= 15 is 0 Å². The highest BCUT2D eigenvalue weighted by atomic mass is 16.1. The predicted octanol–water partition coefficient (Wildman–Crippen LogP) is 5.22. The Labute approximate surface area is 164 Å². The van der Waals surface area contributed by atoms with Crippen molar-refractivity contribution >= 4 is 5.91 Å². The third-order valence-electron chi connectivity index (χ3n) is 9.28. The zero-order chi connectivity index (χ0) is 18.4. The van der Waals surface area contributed by atoms with Gasteiger partial charge in [-0.3, -0.25) is 4.79 Å². The summed E-state index contributed by atoms with van der Waals surface area (Å²) in [5.41, 5.74) is 7.19. The van der Waals surface area contributed by atoms with Gasteiger partial charge in [-0.15, -0.1) is 0 Å². The van der Waals surface area contributed by atoms with E-state index in [-0.39, 0.29) is 5.41 Å². The standard InChI is InChI=1S/C25H35NO/c26-24(27)13-16-25-14-4-3-7-23(25)22-11-10-19-18-6-2-1-5-17(18)8-9-20(19)21(22)12-15-25/h11,17-21,23H,1-10,12,14-15H2,(H2,26,27). The number of nitrogens with two attached hydrogens (primary N) is 1. The monoisotopic (exact) mass is 365 g/mol. The van der Waals surface area contributed by atoms with Gasteiger partial charge < -0.3 is 5.73 Å². The van der Waals surface area contributed by atoms with Crippen LogP contribution in [0.3, 0.4) is 0 Å². The van der Waals surface area contributed by atoms with E-state index in [0.717, 1.165) is 29.6 Å². The van der Waals surface area contributed by atoms with Crippen molar-refractivity contribution in [2.75, 3.05) is 0 Å². The van der Waals surface area contributed by atoms with E-state index in [1.54, 1.807) is 5.57 Å². The second-order valence-corrected chi connectivity index (χ2v) is 10.3. The first-order chi connectivity index (χ1) is 13.2. The minimum Gasteiger partial charge on any atom is -0.359 e. The summed E-state index contributed by atoms with van der Waals surface area (Å²) in [7, 11) is 0. The van der Waals surface area contributed by atoms with Crippen molar-refractivity contribution in [3.63, 3.8) is 0 Å². The third kappa shape index (κ3) is 2.97. The number of primary amides is 1. The van der Waals surface area contributed by atoms with E-state index in [1.807, 2.05) is 0 Å². The molecule has 5 aliphatic rings. The zero-order valence-electron chi connectivity index (χ0n) is 16.7. The van der Waals surface area contributed by atoms with Crippen LogP contribution in [0.4, 0.5) is 0 Å². The van der Waals surface area contributed by atoms with Crippen LogP contribution < -0.4 is 5.73 Å². The largest absolute Gasteiger partial charge is 0.359 e. The van der Waals surface area contributed by atoms with Gasteiger partial charge in [-0.25, -0.2) is 0 Å². The molecule has 0 heterocycles. The number of rotatable bonds is 0. The normalized spacial score (nSPS) is 45.7. The molecule has 0 bridgehead atoms. The SMILES string of the molecule is NC(=O)C#CC12CCCCC1C1=CCC3C4CCCCC4CCC3C1CC2. The summed E-state index contributed by atoms with van der Waals surface area (Å²) in [4.78, 5) is 11.4. The van der Waals surface area contributed by atoms with Gasteiger partial charge in [0, 0.05) is 5.41 Å². The summed E-state index contributed by atoms with van der Waals surface area (Å²) in [6, 6.07) is 0. The third-order valence-corrected chi connectivity index (χ3v) is 9.28. The summed E-state index contributed by atoms with van der Waals surface area (Å²) < 4.78 is 0. The van der Waals surface area contributed by atoms with Gasteiger partial charge in [0.15, 0.2) is 0 Å². The molecule has 0 spiro atoms. The van der Waals surface area contributed by atoms with E-state index in [0.29, 0.717) is 5.92 Å². The molecule has 0 saturated heterocycles. The minimum atomic E-state index is -0.455. The fourth-order valence-corrected chi connectivity index (χ4v) is 8.23. The topological polar surface area (TPSA) is 43.1 Å². The molecule has 4 fully saturated rings. The fourth-order valence-electron chi connectivity index (χ4n) is 8.23. The predicted molar refractivity (Wildman–Crippen MR) is 108 cm³/mol. The number of carbonyl (C=O) groups is 1. The van der Waals surface area contributed by atoms with Crippen LogP contribution in [0.1, 0.15) is 83.5 Å². The highest BCUT2D eigenvalue weighted by Gasteiger charge is 2.52. The Morgan fingerprint density at radius 3 is 2.67 bits per heavy atom. The molecule has 0 aliphatic heterocycles. The Morgan fingerprint density at radius 1 is 0.926 bits per heavy atom. The molecule has 0 aromatic carbocycles. The first kappa shape index (κ1) is 17.8. The molecule has 0 aromatic rings. The van der Waals surface area contributed by atoms with Crippen LogP contribution in [0.15, 0.2) is 11.6 Å². The molecule has 7 unspecified atom stereocenters. The van der Waals surface area contributed by atoms with Crippen LogP contribution in [0, 0.1) is 52.8 Å². The van der Waals surface area contributed by atoms with Gasteiger partial charge in [0.2, 0.25) is 0 Å². The van der Waals surface area contributed by atoms with Crippen molar-refractivity contribution in [1.29, 1.82) is 0 Å². The van der Waals surface area contributed by atoms with E-state index in [2.05, 4.69) is 17.9 Å². The summed E-state index contributed by atoms with van der Waals surface area (Å²) >= 11 is 0. The van der Waals surface area contributed by atoms with Crippen LogP contribution in [0.25, 0.3) is 0 Å². The van der Waals surface area contributed by atoms with E-state index in [9.17, 15) is 4.79 Å². The van der Waals surface area contributed by atoms with E-state index in [4.69, 9.17) is 5.73 Å². The van der Waals surface area contributed by atoms with Crippen LogP contribution in [-0.2, 0) is 4.79 Å². The Bertz CT molecular complexity index is 697. The van der Waals surface area contributed by atoms with Crippen molar-refractivity contribution in [2.24, 2.45) is 46.7 Å². The van der Waals surface area contributed by atoms with E-state index in [1.165, 1.54) is 83.5 Å². The van der Waals surface area contributed by atoms with Crippen LogP contribution >= 0.6 is 0 Å². The van der Waals surface area contributed by atoms with Crippen molar-refractivity contribution in [3.05, 3.63) is 11.6 Å². The maximum atomic E-state index is 11.4. The molecule has 4 saturated carbocycles. The Morgan fingerprint density at radius 2 is 1.78 bits per heavy atom. The number of amides is 1. The Kier molecular flexibility index (Phi) is 4.61. The Hall–Kier alpha value is -1.23. The van der Waals surface area contributed by atoms with Gasteiger partial charge in [-0.1, -0.05) is 49.7 Å². The van der Waals surface area contributed by atoms with Gasteiger partial charge in [0.1, 0.15) is 0 Å². The number of carbonyl (C=O) groups excluding carboxylic acids is 1. The first-order valence-corrected chi connectivity index (χ1v) is 11.7. The molecular weight excluding hydrogens is 330 g/mol. The molecule has 5 rings (SSSR count). The smallest absolute Gasteiger partial charge is 0.293 e. The molecule has 0 aromatic heterocycles. The van der Waals surface area contributed by atoms with Crippen molar-refractivity contribution in [2.45, 2.75) is 83.5 Å². The molecular formula is C25H35NO. The zero-order valence-corrected chi connectivity index (χ0v) is 16.7. The number of hydrogen-bond donors (Lipinski definition) is 1. The number of hydrogen-bond acceptors (Lipinski definition) is 1. The highest BCUT2D eigenvalue weighted by molar-refractivity contribution is 5.92. The van der Waals surface area contributed by atoms with Gasteiger partial charge in [-0.2, -0.15) is 0 Å². The summed E-state index contributed by atoms with van der Waals surface area (Å²) in [5, 5.41) is 0. The molecule has 146 valence electrons. The fraction of sp³-hybridized carbons (Fsp3) is 0.800. The molecule has 27 heavy (non-hydrogen) atoms. The lowest BCUT2D eigenvalue weighted by atomic mass is 9.48. The van der Waals surface area contributed by atoms with Gasteiger partial charge in [-0.05, 0) is 92.8 Å². The van der Waals surface area contributed by atoms with Crippen LogP contribution in [0.2, 0.25) is 0 Å². The summed E-state index contributed by atoms with van der Waals surface area (Å²) in [5.74, 6) is 11.1. The lowest BCUT2D eigenvalue weighted by molar-refractivity contribution is -0.112. The molecule has 2 nitrogen and oxygen atoms in total. The van der Waals surface area contributed by atoms with Gasteiger partial charge in [0.05, 0.1) is 0 Å². The number of fused-ring (bicyclic) bond motifs is 7. The molecule has 2 heteroatoms. The van der Waals surface area contributed by atoms with Crippen molar-refractivity contribution in [3.8, 4) is 11.8 Å². The average molecular weight is 366 g/mol. The van der Waals surface area contributed by atoms with Crippen LogP contribution in [-0.4, -0.2) is 5.91 Å². The molecule has 0 radical (unpaired) electrons. The van der Waals surface area contributed by atoms with Crippen LogP contribution in [0.5, 0.6) is 0 Å². The maximum Gasteiger partial charge on any atom is 0.293 e.